The van der Waals surface area contributed by atoms with Crippen molar-refractivity contribution >= 4 is 24.2 Å². The molecule has 3 rings (SSSR count). The molecule has 0 bridgehead atoms. The average molecular weight is 325 g/mol. The van der Waals surface area contributed by atoms with E-state index in [-0.39, 0.29) is 5.56 Å². The van der Waals surface area contributed by atoms with E-state index in [2.05, 4.69) is 4.98 Å². The second-order valence-corrected chi connectivity index (χ2v) is 6.62. The molecule has 0 unspecified atom stereocenters. The highest BCUT2D eigenvalue weighted by Crippen LogP contribution is 2.31. The van der Waals surface area contributed by atoms with Crippen molar-refractivity contribution in [2.75, 3.05) is 0 Å². The van der Waals surface area contributed by atoms with Crippen LogP contribution in [0.2, 0.25) is 0 Å². The van der Waals surface area contributed by atoms with Crippen molar-refractivity contribution in [1.29, 1.82) is 10.8 Å². The van der Waals surface area contributed by atoms with Gasteiger partial charge >= 0.3 is 0 Å². The zero-order valence-corrected chi connectivity index (χ0v) is 13.6. The Morgan fingerprint density at radius 2 is 1.83 bits per heavy atom. The molecule has 0 spiro atoms. The van der Waals surface area contributed by atoms with Crippen molar-refractivity contribution in [3.63, 3.8) is 0 Å². The van der Waals surface area contributed by atoms with Crippen molar-refractivity contribution in [2.24, 2.45) is 0 Å². The second kappa shape index (κ2) is 6.96. The molecule has 0 saturated carbocycles. The van der Waals surface area contributed by atoms with Gasteiger partial charge in [0.15, 0.2) is 0 Å². The number of aromatic amines is 1. The molecular formula is C18H19N3OS. The number of rotatable bonds is 5. The summed E-state index contributed by atoms with van der Waals surface area (Å²) in [6.45, 7) is 0. The van der Waals surface area contributed by atoms with Crippen molar-refractivity contribution in [3.8, 4) is 0 Å². The molecule has 1 aliphatic rings. The Labute approximate surface area is 139 Å². The molecule has 1 aromatic carbocycles. The van der Waals surface area contributed by atoms with Crippen LogP contribution >= 0.6 is 11.8 Å². The Hall–Kier alpha value is -2.14. The summed E-state index contributed by atoms with van der Waals surface area (Å²) in [5.74, 6) is 0.720. The number of nitrogens with one attached hydrogen (secondary N) is 3. The molecule has 118 valence electrons. The quantitative estimate of drug-likeness (QED) is 0.580. The van der Waals surface area contributed by atoms with Gasteiger partial charge in [0.2, 0.25) is 0 Å². The lowest BCUT2D eigenvalue weighted by Gasteiger charge is -2.20. The van der Waals surface area contributed by atoms with Gasteiger partial charge < -0.3 is 15.8 Å². The minimum atomic E-state index is -0.163. The monoisotopic (exact) mass is 325 g/mol. The standard InChI is InChI=1S/C18H19N3OS/c19-9-12-5-1-2-6-13(12)11-23-18-15-8-4-3-7-14(15)16(10-20)17(22)21-18/h1-2,5-6,9-10,19-20H,3-4,7-8,11H2,(H,21,22). The molecule has 3 N–H and O–H groups in total. The van der Waals surface area contributed by atoms with Crippen molar-refractivity contribution in [2.45, 2.75) is 36.5 Å². The number of fused-ring (bicyclic) bond motifs is 1. The van der Waals surface area contributed by atoms with Crippen LogP contribution in [-0.4, -0.2) is 17.4 Å². The minimum absolute atomic E-state index is 0.163. The Kier molecular flexibility index (Phi) is 4.76. The summed E-state index contributed by atoms with van der Waals surface area (Å²) in [7, 11) is 0. The highest BCUT2D eigenvalue weighted by Gasteiger charge is 2.19. The van der Waals surface area contributed by atoms with Gasteiger partial charge in [0.05, 0.1) is 10.6 Å². The maximum absolute atomic E-state index is 12.2. The lowest BCUT2D eigenvalue weighted by molar-refractivity contribution is 0.664. The molecule has 5 heteroatoms. The summed E-state index contributed by atoms with van der Waals surface area (Å²) in [6.07, 6.45) is 6.60. The summed E-state index contributed by atoms with van der Waals surface area (Å²) in [4.78, 5) is 15.2. The zero-order valence-electron chi connectivity index (χ0n) is 12.8. The van der Waals surface area contributed by atoms with Crippen LogP contribution in [0.5, 0.6) is 0 Å². The molecule has 1 heterocycles. The van der Waals surface area contributed by atoms with Crippen molar-refractivity contribution in [1.82, 2.24) is 4.98 Å². The van der Waals surface area contributed by atoms with Crippen LogP contribution in [-0.2, 0) is 18.6 Å². The van der Waals surface area contributed by atoms with E-state index < -0.39 is 0 Å². The summed E-state index contributed by atoms with van der Waals surface area (Å²) < 4.78 is 0. The molecule has 1 aliphatic carbocycles. The van der Waals surface area contributed by atoms with Crippen LogP contribution in [0.1, 0.15) is 40.7 Å². The Balaban J connectivity index is 1.94. The molecular weight excluding hydrogens is 306 g/mol. The van der Waals surface area contributed by atoms with Crippen LogP contribution in [0.4, 0.5) is 0 Å². The lowest BCUT2D eigenvalue weighted by Crippen LogP contribution is -2.21. The fourth-order valence-corrected chi connectivity index (χ4v) is 4.20. The molecule has 4 nitrogen and oxygen atoms in total. The van der Waals surface area contributed by atoms with Gasteiger partial charge in [-0.25, -0.2) is 0 Å². The van der Waals surface area contributed by atoms with Gasteiger partial charge in [0, 0.05) is 18.2 Å². The van der Waals surface area contributed by atoms with Crippen LogP contribution in [0.25, 0.3) is 0 Å². The van der Waals surface area contributed by atoms with E-state index >= 15 is 0 Å². The van der Waals surface area contributed by atoms with Gasteiger partial charge in [-0.1, -0.05) is 24.3 Å². The number of pyridine rings is 1. The molecule has 2 aromatic rings. The molecule has 0 amide bonds. The normalized spacial score (nSPS) is 13.4. The number of aromatic nitrogens is 1. The van der Waals surface area contributed by atoms with Crippen LogP contribution < -0.4 is 5.56 Å². The topological polar surface area (TPSA) is 80.6 Å². The van der Waals surface area contributed by atoms with Gasteiger partial charge in [-0.2, -0.15) is 0 Å². The minimum Gasteiger partial charge on any atom is -0.316 e. The van der Waals surface area contributed by atoms with Crippen molar-refractivity contribution in [3.05, 3.63) is 62.4 Å². The van der Waals surface area contributed by atoms with E-state index in [0.29, 0.717) is 5.56 Å². The number of hydrogen-bond acceptors (Lipinski definition) is 4. The third-order valence-corrected chi connectivity index (χ3v) is 5.36. The van der Waals surface area contributed by atoms with Crippen LogP contribution in [0.3, 0.4) is 0 Å². The fraction of sp³-hybridized carbons (Fsp3) is 0.278. The first kappa shape index (κ1) is 15.7. The fourth-order valence-electron chi connectivity index (χ4n) is 3.07. The van der Waals surface area contributed by atoms with Crippen LogP contribution in [0.15, 0.2) is 34.1 Å². The summed E-state index contributed by atoms with van der Waals surface area (Å²) in [5, 5.41) is 15.9. The Morgan fingerprint density at radius 3 is 2.57 bits per heavy atom. The first-order chi connectivity index (χ1) is 11.2. The predicted molar refractivity (Wildman–Crippen MR) is 95.5 cm³/mol. The largest absolute Gasteiger partial charge is 0.316 e. The SMILES string of the molecule is N=Cc1ccccc1CSc1[nH]c(=O)c(C=N)c2c1CCCC2. The number of thioether (sulfide) groups is 1. The van der Waals surface area contributed by atoms with E-state index in [9.17, 15) is 4.79 Å². The first-order valence-corrected chi connectivity index (χ1v) is 8.73. The Morgan fingerprint density at radius 1 is 1.09 bits per heavy atom. The zero-order chi connectivity index (χ0) is 16.2. The average Bonchev–Trinajstić information content (AvgIpc) is 2.60. The predicted octanol–water partition coefficient (Wildman–Crippen LogP) is 3.54. The van der Waals surface area contributed by atoms with E-state index in [1.54, 1.807) is 11.8 Å². The third kappa shape index (κ3) is 3.15. The maximum Gasteiger partial charge on any atom is 0.257 e. The third-order valence-electron chi connectivity index (χ3n) is 4.27. The van der Waals surface area contributed by atoms with Gasteiger partial charge in [-0.3, -0.25) is 4.79 Å². The summed E-state index contributed by atoms with van der Waals surface area (Å²) >= 11 is 1.62. The molecule has 23 heavy (non-hydrogen) atoms. The van der Waals surface area contributed by atoms with Gasteiger partial charge in [0.25, 0.3) is 5.56 Å². The van der Waals surface area contributed by atoms with E-state index in [1.165, 1.54) is 18.0 Å². The molecule has 0 radical (unpaired) electrons. The van der Waals surface area contributed by atoms with Crippen LogP contribution in [0, 0.1) is 10.8 Å². The summed E-state index contributed by atoms with van der Waals surface area (Å²) in [6, 6.07) is 7.85. The van der Waals surface area contributed by atoms with E-state index in [1.807, 2.05) is 24.3 Å². The van der Waals surface area contributed by atoms with Gasteiger partial charge in [0.1, 0.15) is 0 Å². The molecule has 0 saturated heterocycles. The highest BCUT2D eigenvalue weighted by molar-refractivity contribution is 7.98. The molecule has 1 aromatic heterocycles. The number of hydrogen-bond donors (Lipinski definition) is 3. The van der Waals surface area contributed by atoms with E-state index in [0.717, 1.165) is 53.2 Å². The summed E-state index contributed by atoms with van der Waals surface area (Å²) in [5.41, 5.74) is 4.61. The highest BCUT2D eigenvalue weighted by atomic mass is 32.2. The van der Waals surface area contributed by atoms with Gasteiger partial charge in [-0.15, -0.1) is 11.8 Å². The second-order valence-electron chi connectivity index (χ2n) is 5.64. The number of benzene rings is 1. The van der Waals surface area contributed by atoms with Crippen molar-refractivity contribution < 1.29 is 0 Å². The van der Waals surface area contributed by atoms with E-state index in [4.69, 9.17) is 10.8 Å². The first-order valence-electron chi connectivity index (χ1n) is 7.74. The van der Waals surface area contributed by atoms with Gasteiger partial charge in [-0.05, 0) is 47.9 Å². The molecule has 0 fully saturated rings. The lowest BCUT2D eigenvalue weighted by atomic mass is 9.90. The smallest absolute Gasteiger partial charge is 0.257 e. The maximum atomic E-state index is 12.2. The molecule has 0 aliphatic heterocycles. The molecule has 0 atom stereocenters. The Bertz CT molecular complexity index is 810. The number of H-pyrrole nitrogens is 1.